The van der Waals surface area contributed by atoms with Gasteiger partial charge in [0.2, 0.25) is 0 Å². The molecule has 2 N–H and O–H groups in total. The molecule has 0 aliphatic heterocycles. The molecule has 0 atom stereocenters. The minimum atomic E-state index is -0.123. The molecule has 0 radical (unpaired) electrons. The van der Waals surface area contributed by atoms with E-state index < -0.39 is 0 Å². The van der Waals surface area contributed by atoms with Crippen molar-refractivity contribution in [1.82, 2.24) is 0 Å². The molecule has 2 aromatic rings. The fraction of sp³-hybridized carbons (Fsp3) is 0.133. The molecule has 0 saturated heterocycles. The number of benzene rings is 2. The monoisotopic (exact) mass is 274 g/mol. The van der Waals surface area contributed by atoms with Crippen molar-refractivity contribution in [3.63, 3.8) is 0 Å². The fourth-order valence-electron chi connectivity index (χ4n) is 1.81. The summed E-state index contributed by atoms with van der Waals surface area (Å²) in [5, 5.41) is 6.54. The van der Waals surface area contributed by atoms with Crippen LogP contribution in [0.1, 0.15) is 15.9 Å². The summed E-state index contributed by atoms with van der Waals surface area (Å²) < 4.78 is 0. The first-order valence-electron chi connectivity index (χ1n) is 5.95. The molecule has 0 saturated carbocycles. The molecule has 1 amide bonds. The van der Waals surface area contributed by atoms with Crippen LogP contribution in [0.5, 0.6) is 0 Å². The summed E-state index contributed by atoms with van der Waals surface area (Å²) in [4.78, 5) is 12.2. The Morgan fingerprint density at radius 2 is 1.68 bits per heavy atom. The Hall–Kier alpha value is -2.00. The zero-order chi connectivity index (χ0) is 13.8. The number of hydrogen-bond donors (Lipinski definition) is 2. The van der Waals surface area contributed by atoms with Crippen LogP contribution in [-0.4, -0.2) is 13.0 Å². The van der Waals surface area contributed by atoms with Gasteiger partial charge in [0.1, 0.15) is 0 Å². The van der Waals surface area contributed by atoms with Crippen LogP contribution in [0.2, 0.25) is 5.02 Å². The summed E-state index contributed by atoms with van der Waals surface area (Å²) in [6, 6.07) is 12.7. The van der Waals surface area contributed by atoms with Gasteiger partial charge in [-0.1, -0.05) is 11.6 Å². The number of nitrogens with one attached hydrogen (secondary N) is 2. The van der Waals surface area contributed by atoms with Crippen LogP contribution in [0.3, 0.4) is 0 Å². The zero-order valence-corrected chi connectivity index (χ0v) is 11.6. The molecule has 0 unspecified atom stereocenters. The Bertz CT molecular complexity index is 594. The molecule has 2 aromatic carbocycles. The number of rotatable bonds is 3. The second-order valence-corrected chi connectivity index (χ2v) is 4.68. The Balaban J connectivity index is 2.18. The van der Waals surface area contributed by atoms with Crippen molar-refractivity contribution in [2.24, 2.45) is 0 Å². The predicted molar refractivity (Wildman–Crippen MR) is 80.1 cm³/mol. The third kappa shape index (κ3) is 3.26. The normalized spacial score (nSPS) is 10.1. The van der Waals surface area contributed by atoms with E-state index in [2.05, 4.69) is 10.6 Å². The molecule has 0 aromatic heterocycles. The Morgan fingerprint density at radius 1 is 1.05 bits per heavy atom. The van der Waals surface area contributed by atoms with E-state index >= 15 is 0 Å². The van der Waals surface area contributed by atoms with Crippen LogP contribution in [0.25, 0.3) is 0 Å². The molecule has 19 heavy (non-hydrogen) atoms. The van der Waals surface area contributed by atoms with E-state index in [-0.39, 0.29) is 5.91 Å². The number of hydrogen-bond acceptors (Lipinski definition) is 2. The topological polar surface area (TPSA) is 41.1 Å². The number of halogens is 1. The lowest BCUT2D eigenvalue weighted by Gasteiger charge is -2.09. The molecule has 0 spiro atoms. The number of aryl methyl sites for hydroxylation is 1. The quantitative estimate of drug-likeness (QED) is 0.890. The highest BCUT2D eigenvalue weighted by atomic mass is 35.5. The van der Waals surface area contributed by atoms with E-state index in [0.717, 1.165) is 16.9 Å². The van der Waals surface area contributed by atoms with E-state index in [0.29, 0.717) is 10.6 Å². The van der Waals surface area contributed by atoms with Gasteiger partial charge < -0.3 is 10.6 Å². The van der Waals surface area contributed by atoms with Crippen LogP contribution >= 0.6 is 11.6 Å². The minimum absolute atomic E-state index is 0.123. The molecular weight excluding hydrogens is 260 g/mol. The van der Waals surface area contributed by atoms with Gasteiger partial charge in [-0.05, 0) is 55.0 Å². The van der Waals surface area contributed by atoms with Gasteiger partial charge >= 0.3 is 0 Å². The Morgan fingerprint density at radius 3 is 2.26 bits per heavy atom. The Labute approximate surface area is 117 Å². The highest BCUT2D eigenvalue weighted by molar-refractivity contribution is 6.30. The maximum Gasteiger partial charge on any atom is 0.255 e. The van der Waals surface area contributed by atoms with Gasteiger partial charge in [-0.3, -0.25) is 4.79 Å². The summed E-state index contributed by atoms with van der Waals surface area (Å²) in [6.07, 6.45) is 0. The molecule has 0 heterocycles. The van der Waals surface area contributed by atoms with E-state index in [4.69, 9.17) is 11.6 Å². The second-order valence-electron chi connectivity index (χ2n) is 4.24. The largest absolute Gasteiger partial charge is 0.388 e. The third-order valence-corrected chi connectivity index (χ3v) is 3.11. The standard InChI is InChI=1S/C15H15ClN2O/c1-10-9-13(17-2)7-8-14(10)15(19)18-12-5-3-11(16)4-6-12/h3-9,17H,1-2H3,(H,18,19). The number of amides is 1. The van der Waals surface area contributed by atoms with Crippen molar-refractivity contribution in [3.05, 3.63) is 58.6 Å². The predicted octanol–water partition coefficient (Wildman–Crippen LogP) is 3.94. The van der Waals surface area contributed by atoms with Gasteiger partial charge in [-0.2, -0.15) is 0 Å². The van der Waals surface area contributed by atoms with Gasteiger partial charge in [0.25, 0.3) is 5.91 Å². The van der Waals surface area contributed by atoms with Crippen LogP contribution < -0.4 is 10.6 Å². The number of carbonyl (C=O) groups excluding carboxylic acids is 1. The maximum absolute atomic E-state index is 12.2. The first-order chi connectivity index (χ1) is 9.10. The molecule has 0 bridgehead atoms. The van der Waals surface area contributed by atoms with Crippen LogP contribution in [0.4, 0.5) is 11.4 Å². The fourth-order valence-corrected chi connectivity index (χ4v) is 1.93. The first kappa shape index (κ1) is 13.4. The summed E-state index contributed by atoms with van der Waals surface area (Å²) in [5.41, 5.74) is 3.30. The lowest BCUT2D eigenvalue weighted by molar-refractivity contribution is 0.102. The van der Waals surface area contributed by atoms with Gasteiger partial charge in [-0.25, -0.2) is 0 Å². The number of anilines is 2. The van der Waals surface area contributed by atoms with Crippen molar-refractivity contribution >= 4 is 28.9 Å². The van der Waals surface area contributed by atoms with E-state index in [1.54, 1.807) is 24.3 Å². The summed E-state index contributed by atoms with van der Waals surface area (Å²) >= 11 is 5.80. The number of carbonyl (C=O) groups is 1. The molecule has 3 nitrogen and oxygen atoms in total. The average molecular weight is 275 g/mol. The van der Waals surface area contributed by atoms with Crippen LogP contribution in [-0.2, 0) is 0 Å². The van der Waals surface area contributed by atoms with Crippen LogP contribution in [0, 0.1) is 6.92 Å². The molecule has 2 rings (SSSR count). The lowest BCUT2D eigenvalue weighted by Crippen LogP contribution is -2.13. The van der Waals surface area contributed by atoms with Crippen molar-refractivity contribution in [3.8, 4) is 0 Å². The lowest BCUT2D eigenvalue weighted by atomic mass is 10.1. The Kier molecular flexibility index (Phi) is 4.07. The molecule has 0 aliphatic rings. The highest BCUT2D eigenvalue weighted by Gasteiger charge is 2.09. The van der Waals surface area contributed by atoms with Crippen molar-refractivity contribution in [1.29, 1.82) is 0 Å². The van der Waals surface area contributed by atoms with Crippen molar-refractivity contribution < 1.29 is 4.79 Å². The maximum atomic E-state index is 12.2. The summed E-state index contributed by atoms with van der Waals surface area (Å²) in [5.74, 6) is -0.123. The highest BCUT2D eigenvalue weighted by Crippen LogP contribution is 2.18. The smallest absolute Gasteiger partial charge is 0.255 e. The second kappa shape index (κ2) is 5.76. The first-order valence-corrected chi connectivity index (χ1v) is 6.33. The van der Waals surface area contributed by atoms with E-state index in [1.165, 1.54) is 0 Å². The molecule has 0 aliphatic carbocycles. The summed E-state index contributed by atoms with van der Waals surface area (Å²) in [6.45, 7) is 1.91. The van der Waals surface area contributed by atoms with Crippen molar-refractivity contribution in [2.45, 2.75) is 6.92 Å². The minimum Gasteiger partial charge on any atom is -0.388 e. The molecule has 0 fully saturated rings. The van der Waals surface area contributed by atoms with E-state index in [1.807, 2.05) is 32.2 Å². The third-order valence-electron chi connectivity index (χ3n) is 2.86. The molecular formula is C15H15ClN2O. The average Bonchev–Trinajstić information content (AvgIpc) is 2.41. The van der Waals surface area contributed by atoms with Crippen LogP contribution in [0.15, 0.2) is 42.5 Å². The van der Waals surface area contributed by atoms with Gasteiger partial charge in [0.05, 0.1) is 0 Å². The summed E-state index contributed by atoms with van der Waals surface area (Å²) in [7, 11) is 1.85. The SMILES string of the molecule is CNc1ccc(C(=O)Nc2ccc(Cl)cc2)c(C)c1. The van der Waals surface area contributed by atoms with Gasteiger partial charge in [-0.15, -0.1) is 0 Å². The van der Waals surface area contributed by atoms with Gasteiger partial charge in [0, 0.05) is 29.0 Å². The van der Waals surface area contributed by atoms with Gasteiger partial charge in [0.15, 0.2) is 0 Å². The van der Waals surface area contributed by atoms with Crippen molar-refractivity contribution in [2.75, 3.05) is 17.7 Å². The van der Waals surface area contributed by atoms with E-state index in [9.17, 15) is 4.79 Å². The molecule has 4 heteroatoms. The zero-order valence-electron chi connectivity index (χ0n) is 10.8. The molecule has 98 valence electrons.